The van der Waals surface area contributed by atoms with E-state index in [2.05, 4.69) is 5.43 Å². The minimum absolute atomic E-state index is 0.0104. The molecule has 1 amide bonds. The lowest BCUT2D eigenvalue weighted by Gasteiger charge is -2.11. The van der Waals surface area contributed by atoms with Gasteiger partial charge in [0.25, 0.3) is 0 Å². The average molecular weight is 178 g/mol. The van der Waals surface area contributed by atoms with Gasteiger partial charge in [0.15, 0.2) is 0 Å². The highest BCUT2D eigenvalue weighted by Gasteiger charge is 2.02. The zero-order valence-electron chi connectivity index (χ0n) is 7.95. The van der Waals surface area contributed by atoms with Gasteiger partial charge in [-0.1, -0.05) is 30.3 Å². The molecule has 0 bridgehead atoms. The third kappa shape index (κ3) is 3.71. The van der Waals surface area contributed by atoms with Gasteiger partial charge in [-0.05, 0) is 5.56 Å². The van der Waals surface area contributed by atoms with Crippen LogP contribution in [0.4, 0.5) is 0 Å². The number of nitrogens with one attached hydrogen (secondary N) is 1. The highest BCUT2D eigenvalue weighted by molar-refractivity contribution is 5.77. The maximum Gasteiger partial charge on any atom is 0.238 e. The number of hydrazine groups is 1. The van der Waals surface area contributed by atoms with Crippen molar-refractivity contribution in [3.8, 4) is 0 Å². The van der Waals surface area contributed by atoms with Crippen LogP contribution in [-0.2, 0) is 11.2 Å². The third-order valence-electron chi connectivity index (χ3n) is 1.56. The first-order chi connectivity index (χ1) is 6.18. The second-order valence-corrected chi connectivity index (χ2v) is 3.09. The normalized spacial score (nSPS) is 10.1. The number of amides is 1. The van der Waals surface area contributed by atoms with Crippen molar-refractivity contribution < 1.29 is 4.79 Å². The van der Waals surface area contributed by atoms with E-state index < -0.39 is 0 Å². The Morgan fingerprint density at radius 3 is 2.46 bits per heavy atom. The van der Waals surface area contributed by atoms with E-state index in [-0.39, 0.29) is 5.91 Å². The van der Waals surface area contributed by atoms with Gasteiger partial charge in [0, 0.05) is 14.1 Å². The zero-order valence-corrected chi connectivity index (χ0v) is 7.95. The van der Waals surface area contributed by atoms with Crippen LogP contribution in [0.25, 0.3) is 0 Å². The summed E-state index contributed by atoms with van der Waals surface area (Å²) in [7, 11) is 3.59. The second kappa shape index (κ2) is 4.62. The molecule has 70 valence electrons. The summed E-state index contributed by atoms with van der Waals surface area (Å²) in [6.07, 6.45) is 0.430. The maximum atomic E-state index is 11.3. The molecule has 3 nitrogen and oxygen atoms in total. The standard InChI is InChI=1S/C10H14N2O/c1-12(2)11-10(13)8-9-6-4-3-5-7-9/h3-7H,8H2,1-2H3,(H,11,13). The molecule has 3 heteroatoms. The number of hydrogen-bond acceptors (Lipinski definition) is 2. The molecule has 1 rings (SSSR count). The van der Waals surface area contributed by atoms with Crippen LogP contribution >= 0.6 is 0 Å². The smallest absolute Gasteiger partial charge is 0.238 e. The van der Waals surface area contributed by atoms with Gasteiger partial charge >= 0.3 is 0 Å². The SMILES string of the molecule is CN(C)NC(=O)Cc1ccccc1. The van der Waals surface area contributed by atoms with Crippen molar-refractivity contribution in [2.75, 3.05) is 14.1 Å². The molecule has 0 aliphatic heterocycles. The molecular formula is C10H14N2O. The van der Waals surface area contributed by atoms with Gasteiger partial charge in [-0.3, -0.25) is 10.2 Å². The Labute approximate surface area is 78.3 Å². The number of rotatable bonds is 3. The number of carbonyl (C=O) groups is 1. The Morgan fingerprint density at radius 2 is 1.92 bits per heavy atom. The van der Waals surface area contributed by atoms with Gasteiger partial charge in [0.2, 0.25) is 5.91 Å². The molecule has 0 aliphatic rings. The Balaban J connectivity index is 2.46. The fraction of sp³-hybridized carbons (Fsp3) is 0.300. The average Bonchev–Trinajstić information content (AvgIpc) is 2.04. The first-order valence-electron chi connectivity index (χ1n) is 4.19. The van der Waals surface area contributed by atoms with Gasteiger partial charge in [-0.2, -0.15) is 0 Å². The molecule has 0 fully saturated rings. The molecule has 0 radical (unpaired) electrons. The van der Waals surface area contributed by atoms with Crippen molar-refractivity contribution in [2.45, 2.75) is 6.42 Å². The Kier molecular flexibility index (Phi) is 3.46. The molecule has 1 aromatic carbocycles. The van der Waals surface area contributed by atoms with E-state index >= 15 is 0 Å². The van der Waals surface area contributed by atoms with Crippen LogP contribution in [0.5, 0.6) is 0 Å². The molecule has 1 aromatic rings. The molecule has 13 heavy (non-hydrogen) atoms. The lowest BCUT2D eigenvalue weighted by Crippen LogP contribution is -2.37. The summed E-state index contributed by atoms with van der Waals surface area (Å²) in [6.45, 7) is 0. The predicted octanol–water partition coefficient (Wildman–Crippen LogP) is 0.822. The van der Waals surface area contributed by atoms with Crippen LogP contribution < -0.4 is 5.43 Å². The van der Waals surface area contributed by atoms with Gasteiger partial charge < -0.3 is 0 Å². The zero-order chi connectivity index (χ0) is 9.68. The lowest BCUT2D eigenvalue weighted by atomic mass is 10.1. The number of hydrogen-bond donors (Lipinski definition) is 1. The van der Waals surface area contributed by atoms with Crippen LogP contribution in [0, 0.1) is 0 Å². The predicted molar refractivity (Wildman–Crippen MR) is 52.0 cm³/mol. The summed E-state index contributed by atoms with van der Waals surface area (Å²) >= 11 is 0. The van der Waals surface area contributed by atoms with Crippen molar-refractivity contribution in [1.82, 2.24) is 10.4 Å². The summed E-state index contributed by atoms with van der Waals surface area (Å²) in [4.78, 5) is 11.3. The van der Waals surface area contributed by atoms with Crippen LogP contribution in [0.3, 0.4) is 0 Å². The van der Waals surface area contributed by atoms with Gasteiger partial charge in [-0.25, -0.2) is 5.01 Å². The van der Waals surface area contributed by atoms with Crippen molar-refractivity contribution in [3.63, 3.8) is 0 Å². The molecule has 0 spiro atoms. The first kappa shape index (κ1) is 9.74. The molecule has 0 aliphatic carbocycles. The van der Waals surface area contributed by atoms with E-state index in [1.54, 1.807) is 19.1 Å². The number of nitrogens with zero attached hydrogens (tertiary/aromatic N) is 1. The van der Waals surface area contributed by atoms with E-state index in [4.69, 9.17) is 0 Å². The van der Waals surface area contributed by atoms with E-state index in [1.807, 2.05) is 30.3 Å². The fourth-order valence-electron chi connectivity index (χ4n) is 1.07. The minimum Gasteiger partial charge on any atom is -0.289 e. The summed E-state index contributed by atoms with van der Waals surface area (Å²) in [5.74, 6) is 0.0104. The Bertz CT molecular complexity index is 270. The molecule has 0 unspecified atom stereocenters. The van der Waals surface area contributed by atoms with E-state index in [1.165, 1.54) is 0 Å². The summed E-state index contributed by atoms with van der Waals surface area (Å²) in [5, 5.41) is 1.64. The van der Waals surface area contributed by atoms with Crippen LogP contribution in [0.15, 0.2) is 30.3 Å². The highest BCUT2D eigenvalue weighted by Crippen LogP contribution is 1.98. The van der Waals surface area contributed by atoms with Crippen LogP contribution in [0.1, 0.15) is 5.56 Å². The molecule has 0 saturated heterocycles. The van der Waals surface area contributed by atoms with Crippen LogP contribution in [-0.4, -0.2) is 25.0 Å². The molecule has 0 heterocycles. The third-order valence-corrected chi connectivity index (χ3v) is 1.56. The molecule has 0 saturated carbocycles. The van der Waals surface area contributed by atoms with Crippen molar-refractivity contribution in [3.05, 3.63) is 35.9 Å². The quantitative estimate of drug-likeness (QED) is 0.695. The lowest BCUT2D eigenvalue weighted by molar-refractivity contribution is -0.124. The monoisotopic (exact) mass is 178 g/mol. The summed E-state index contributed by atoms with van der Waals surface area (Å²) in [5.41, 5.74) is 3.72. The van der Waals surface area contributed by atoms with Crippen molar-refractivity contribution >= 4 is 5.91 Å². The van der Waals surface area contributed by atoms with Crippen LogP contribution in [0.2, 0.25) is 0 Å². The Hall–Kier alpha value is -1.35. The minimum atomic E-state index is 0.0104. The maximum absolute atomic E-state index is 11.3. The molecule has 0 aromatic heterocycles. The van der Waals surface area contributed by atoms with Gasteiger partial charge in [0.05, 0.1) is 6.42 Å². The summed E-state index contributed by atoms with van der Waals surface area (Å²) in [6, 6.07) is 9.67. The molecule has 0 atom stereocenters. The van der Waals surface area contributed by atoms with Gasteiger partial charge in [-0.15, -0.1) is 0 Å². The largest absolute Gasteiger partial charge is 0.289 e. The highest BCUT2D eigenvalue weighted by atomic mass is 16.2. The van der Waals surface area contributed by atoms with E-state index in [0.29, 0.717) is 6.42 Å². The molecule has 1 N–H and O–H groups in total. The number of carbonyl (C=O) groups excluding carboxylic acids is 1. The molecular weight excluding hydrogens is 164 g/mol. The first-order valence-corrected chi connectivity index (χ1v) is 4.19. The second-order valence-electron chi connectivity index (χ2n) is 3.09. The van der Waals surface area contributed by atoms with E-state index in [9.17, 15) is 4.79 Å². The Morgan fingerprint density at radius 1 is 1.31 bits per heavy atom. The number of benzene rings is 1. The summed E-state index contributed by atoms with van der Waals surface area (Å²) < 4.78 is 0. The fourth-order valence-corrected chi connectivity index (χ4v) is 1.07. The van der Waals surface area contributed by atoms with Crippen molar-refractivity contribution in [1.29, 1.82) is 0 Å². The van der Waals surface area contributed by atoms with Gasteiger partial charge in [0.1, 0.15) is 0 Å². The topological polar surface area (TPSA) is 32.3 Å². The van der Waals surface area contributed by atoms with Crippen molar-refractivity contribution in [2.24, 2.45) is 0 Å². The van der Waals surface area contributed by atoms with E-state index in [0.717, 1.165) is 5.56 Å².